The molecule has 1 aliphatic rings. The van der Waals surface area contributed by atoms with Crippen LogP contribution in [0.3, 0.4) is 0 Å². The fourth-order valence-corrected chi connectivity index (χ4v) is 2.73. The molecule has 0 spiro atoms. The average molecular weight is 324 g/mol. The average Bonchev–Trinajstić information content (AvgIpc) is 2.35. The number of nitrogens with zero attached hydrogens (tertiary/aromatic N) is 2. The third-order valence-corrected chi connectivity index (χ3v) is 4.62. The maximum absolute atomic E-state index is 12.3. The van der Waals surface area contributed by atoms with Crippen molar-refractivity contribution in [2.45, 2.75) is 51.4 Å². The van der Waals surface area contributed by atoms with E-state index in [-0.39, 0.29) is 5.69 Å². The Morgan fingerprint density at radius 2 is 2.00 bits per heavy atom. The van der Waals surface area contributed by atoms with E-state index in [1.165, 1.54) is 12.1 Å². The molecule has 2 rings (SSSR count). The molecule has 7 heteroatoms. The van der Waals surface area contributed by atoms with Gasteiger partial charge in [-0.25, -0.2) is 4.21 Å². The minimum absolute atomic E-state index is 0.0312. The second-order valence-electron chi connectivity index (χ2n) is 6.88. The van der Waals surface area contributed by atoms with E-state index in [1.54, 1.807) is 6.07 Å². The van der Waals surface area contributed by atoms with Gasteiger partial charge in [-0.1, -0.05) is 0 Å². The number of rotatable bonds is 2. The largest absolute Gasteiger partial charge is 0.487 e. The smallest absolute Gasteiger partial charge is 0.270 e. The highest BCUT2D eigenvalue weighted by Gasteiger charge is 2.33. The molecule has 0 aliphatic carbocycles. The van der Waals surface area contributed by atoms with Crippen molar-refractivity contribution in [3.8, 4) is 5.75 Å². The van der Waals surface area contributed by atoms with E-state index in [1.807, 2.05) is 34.6 Å². The Balaban J connectivity index is 2.56. The number of ether oxygens (including phenoxy) is 1. The summed E-state index contributed by atoms with van der Waals surface area (Å²) in [4.78, 5) is 10.5. The van der Waals surface area contributed by atoms with Crippen molar-refractivity contribution in [2.75, 3.05) is 0 Å². The normalized spacial score (nSPS) is 20.1. The molecule has 1 aromatic rings. The molecule has 0 bridgehead atoms. The van der Waals surface area contributed by atoms with Crippen LogP contribution in [0.4, 0.5) is 5.69 Å². The number of nitro benzene ring substituents is 1. The maximum atomic E-state index is 12.3. The second-order valence-corrected chi connectivity index (χ2v) is 8.78. The van der Waals surface area contributed by atoms with Gasteiger partial charge in [0.05, 0.1) is 15.4 Å². The number of fused-ring (bicyclic) bond motifs is 1. The van der Waals surface area contributed by atoms with Crippen molar-refractivity contribution < 1.29 is 13.9 Å². The van der Waals surface area contributed by atoms with Gasteiger partial charge in [0.2, 0.25) is 0 Å². The molecule has 0 saturated carbocycles. The van der Waals surface area contributed by atoms with E-state index in [9.17, 15) is 14.3 Å². The van der Waals surface area contributed by atoms with Crippen molar-refractivity contribution in [3.63, 3.8) is 0 Å². The zero-order valence-electron chi connectivity index (χ0n) is 13.4. The summed E-state index contributed by atoms with van der Waals surface area (Å²) in [5.74, 6) is 0.534. The highest BCUT2D eigenvalue weighted by atomic mass is 32.2. The lowest BCUT2D eigenvalue weighted by atomic mass is 9.92. The summed E-state index contributed by atoms with van der Waals surface area (Å²) in [5.41, 5.74) is 0.606. The highest BCUT2D eigenvalue weighted by Crippen LogP contribution is 2.36. The lowest BCUT2D eigenvalue weighted by Gasteiger charge is -2.33. The summed E-state index contributed by atoms with van der Waals surface area (Å²) in [6.45, 7) is 9.34. The zero-order chi connectivity index (χ0) is 16.7. The summed E-state index contributed by atoms with van der Waals surface area (Å²) >= 11 is 0. The lowest BCUT2D eigenvalue weighted by molar-refractivity contribution is -0.384. The molecule has 120 valence electrons. The van der Waals surface area contributed by atoms with Crippen LogP contribution in [0.15, 0.2) is 22.6 Å². The molecule has 1 atom stereocenters. The first-order valence-corrected chi connectivity index (χ1v) is 8.08. The molecule has 1 aromatic carbocycles. The van der Waals surface area contributed by atoms with Gasteiger partial charge < -0.3 is 4.74 Å². The molecular weight excluding hydrogens is 304 g/mol. The van der Waals surface area contributed by atoms with E-state index in [4.69, 9.17) is 4.74 Å². The van der Waals surface area contributed by atoms with Gasteiger partial charge in [-0.3, -0.25) is 10.1 Å². The molecule has 6 nitrogen and oxygen atoms in total. The summed E-state index contributed by atoms with van der Waals surface area (Å²) in [6.07, 6.45) is 0.447. The number of hydrogen-bond donors (Lipinski definition) is 0. The lowest BCUT2D eigenvalue weighted by Crippen LogP contribution is -2.37. The van der Waals surface area contributed by atoms with Crippen LogP contribution in [0.5, 0.6) is 5.75 Å². The Kier molecular flexibility index (Phi) is 4.12. The molecule has 0 fully saturated rings. The molecule has 22 heavy (non-hydrogen) atoms. The van der Waals surface area contributed by atoms with E-state index in [0.717, 1.165) is 0 Å². The number of nitro groups is 1. The maximum Gasteiger partial charge on any atom is 0.270 e. The van der Waals surface area contributed by atoms with E-state index < -0.39 is 26.3 Å². The van der Waals surface area contributed by atoms with Gasteiger partial charge in [0, 0.05) is 24.1 Å². The summed E-state index contributed by atoms with van der Waals surface area (Å²) < 4.78 is 22.0. The quantitative estimate of drug-likeness (QED) is 0.616. The first kappa shape index (κ1) is 16.6. The summed E-state index contributed by atoms with van der Waals surface area (Å²) in [5, 5.41) is 11.0. The minimum Gasteiger partial charge on any atom is -0.487 e. The molecule has 1 unspecified atom stereocenters. The Labute approximate surface area is 132 Å². The van der Waals surface area contributed by atoms with Gasteiger partial charge in [-0.2, -0.15) is 4.40 Å². The van der Waals surface area contributed by atoms with Gasteiger partial charge in [0.25, 0.3) is 5.69 Å². The predicted molar refractivity (Wildman–Crippen MR) is 86.9 cm³/mol. The number of non-ortho nitro benzene ring substituents is 1. The topological polar surface area (TPSA) is 81.8 Å². The number of hydrogen-bond acceptors (Lipinski definition) is 4. The standard InChI is InChI=1S/C15H20N2O4S/c1-14(2,3)22(20)16-12-9-15(4,5)21-13-7-6-10(17(18)19)8-11(12)13/h6-8H,9H2,1-5H3. The highest BCUT2D eigenvalue weighted by molar-refractivity contribution is 7.85. The van der Waals surface area contributed by atoms with Crippen LogP contribution < -0.4 is 4.74 Å². The van der Waals surface area contributed by atoms with Crippen LogP contribution in [0.2, 0.25) is 0 Å². The van der Waals surface area contributed by atoms with Crippen LogP contribution in [-0.2, 0) is 11.0 Å². The molecule has 0 amide bonds. The Hall–Kier alpha value is -1.76. The predicted octanol–water partition coefficient (Wildman–Crippen LogP) is 3.41. The molecule has 0 aromatic heterocycles. The van der Waals surface area contributed by atoms with Crippen LogP contribution in [-0.4, -0.2) is 25.2 Å². The van der Waals surface area contributed by atoms with E-state index >= 15 is 0 Å². The molecule has 1 aliphatic heterocycles. The van der Waals surface area contributed by atoms with Crippen molar-refractivity contribution in [2.24, 2.45) is 4.40 Å². The monoisotopic (exact) mass is 324 g/mol. The minimum atomic E-state index is -1.43. The van der Waals surface area contributed by atoms with Gasteiger partial charge in [0.15, 0.2) is 0 Å². The van der Waals surface area contributed by atoms with Crippen molar-refractivity contribution in [3.05, 3.63) is 33.9 Å². The fourth-order valence-electron chi connectivity index (χ4n) is 2.10. The van der Waals surface area contributed by atoms with Gasteiger partial charge >= 0.3 is 0 Å². The first-order valence-electron chi connectivity index (χ1n) is 6.97. The van der Waals surface area contributed by atoms with Crippen LogP contribution in [0.25, 0.3) is 0 Å². The summed E-state index contributed by atoms with van der Waals surface area (Å²) in [6, 6.07) is 4.41. The van der Waals surface area contributed by atoms with Crippen LogP contribution >= 0.6 is 0 Å². The third kappa shape index (κ3) is 3.52. The fraction of sp³-hybridized carbons (Fsp3) is 0.533. The zero-order valence-corrected chi connectivity index (χ0v) is 14.2. The third-order valence-electron chi connectivity index (χ3n) is 3.18. The molecule has 0 N–H and O–H groups in total. The van der Waals surface area contributed by atoms with E-state index in [0.29, 0.717) is 23.4 Å². The SMILES string of the molecule is CC1(C)CC(=NS(=O)C(C)(C)C)c2cc([N+](=O)[O-])ccc2O1. The summed E-state index contributed by atoms with van der Waals surface area (Å²) in [7, 11) is -1.43. The second kappa shape index (κ2) is 5.46. The van der Waals surface area contributed by atoms with Crippen LogP contribution in [0.1, 0.15) is 46.6 Å². The first-order chi connectivity index (χ1) is 9.99. The van der Waals surface area contributed by atoms with E-state index in [2.05, 4.69) is 4.40 Å². The number of benzene rings is 1. The Morgan fingerprint density at radius 3 is 2.55 bits per heavy atom. The van der Waals surface area contributed by atoms with Gasteiger partial charge in [0.1, 0.15) is 22.3 Å². The van der Waals surface area contributed by atoms with Crippen LogP contribution in [0, 0.1) is 10.1 Å². The Morgan fingerprint density at radius 1 is 1.36 bits per heavy atom. The van der Waals surface area contributed by atoms with Gasteiger partial charge in [-0.15, -0.1) is 0 Å². The molecule has 0 radical (unpaired) electrons. The molecule has 1 heterocycles. The van der Waals surface area contributed by atoms with Crippen molar-refractivity contribution >= 4 is 22.4 Å². The van der Waals surface area contributed by atoms with Gasteiger partial charge in [-0.05, 0) is 40.7 Å². The molecular formula is C15H20N2O4S. The van der Waals surface area contributed by atoms with Crippen molar-refractivity contribution in [1.29, 1.82) is 0 Å². The van der Waals surface area contributed by atoms with Crippen molar-refractivity contribution in [1.82, 2.24) is 0 Å². The Bertz CT molecular complexity index is 675. The molecule has 0 saturated heterocycles.